The second kappa shape index (κ2) is 9.62. The molecule has 2 N–H and O–H groups in total. The lowest BCUT2D eigenvalue weighted by Crippen LogP contribution is -2.37. The Bertz CT molecular complexity index is 1310. The van der Waals surface area contributed by atoms with Crippen molar-refractivity contribution >= 4 is 17.5 Å². The van der Waals surface area contributed by atoms with Gasteiger partial charge in [0.15, 0.2) is 5.78 Å². The van der Waals surface area contributed by atoms with E-state index in [1.807, 2.05) is 56.3 Å². The monoisotopic (exact) mass is 469 g/mol. The van der Waals surface area contributed by atoms with Crippen molar-refractivity contribution in [2.75, 3.05) is 11.9 Å². The van der Waals surface area contributed by atoms with E-state index in [0.29, 0.717) is 47.9 Å². The Balaban J connectivity index is 1.61. The van der Waals surface area contributed by atoms with Crippen LogP contribution in [0.2, 0.25) is 0 Å². The molecule has 5 rings (SSSR count). The molecule has 7 nitrogen and oxygen atoms in total. The number of allylic oxidation sites excluding steroid dienone is 3. The Kier molecular flexibility index (Phi) is 6.23. The van der Waals surface area contributed by atoms with E-state index < -0.39 is 5.92 Å². The fourth-order valence-corrected chi connectivity index (χ4v) is 5.00. The third-order valence-corrected chi connectivity index (χ3v) is 6.45. The number of amides is 1. The summed E-state index contributed by atoms with van der Waals surface area (Å²) in [5.41, 5.74) is 3.40. The van der Waals surface area contributed by atoms with Gasteiger partial charge >= 0.3 is 0 Å². The molecule has 1 aliphatic carbocycles. The highest BCUT2D eigenvalue weighted by Gasteiger charge is 2.42. The molecule has 35 heavy (non-hydrogen) atoms. The molecule has 1 aromatic carbocycles. The van der Waals surface area contributed by atoms with Gasteiger partial charge in [-0.25, -0.2) is 4.98 Å². The summed E-state index contributed by atoms with van der Waals surface area (Å²) in [6, 6.07) is 16.7. The van der Waals surface area contributed by atoms with Gasteiger partial charge in [0.25, 0.3) is 5.91 Å². The lowest BCUT2D eigenvalue weighted by Gasteiger charge is -2.36. The maximum Gasteiger partial charge on any atom is 0.255 e. The van der Waals surface area contributed by atoms with Crippen LogP contribution in [-0.4, -0.2) is 23.3 Å². The fraction of sp³-hybridized carbons (Fsp3) is 0.250. The quantitative estimate of drug-likeness (QED) is 0.523. The van der Waals surface area contributed by atoms with Crippen LogP contribution < -0.4 is 15.4 Å². The first kappa shape index (κ1) is 22.7. The number of benzene rings is 1. The number of anilines is 1. The number of hydrogen-bond acceptors (Lipinski definition) is 6. The van der Waals surface area contributed by atoms with Crippen molar-refractivity contribution in [2.45, 2.75) is 38.5 Å². The Morgan fingerprint density at radius 2 is 1.97 bits per heavy atom. The van der Waals surface area contributed by atoms with Gasteiger partial charge in [-0.3, -0.25) is 9.59 Å². The molecular formula is C28H27N3O4. The zero-order chi connectivity index (χ0) is 24.4. The Morgan fingerprint density at radius 1 is 1.14 bits per heavy atom. The molecule has 7 heteroatoms. The van der Waals surface area contributed by atoms with E-state index >= 15 is 0 Å². The maximum atomic E-state index is 13.7. The van der Waals surface area contributed by atoms with Crippen LogP contribution in [0.1, 0.15) is 49.8 Å². The zero-order valence-electron chi connectivity index (χ0n) is 19.7. The molecular weight excluding hydrogens is 442 g/mol. The Morgan fingerprint density at radius 3 is 2.71 bits per heavy atom. The first-order valence-corrected chi connectivity index (χ1v) is 11.8. The molecule has 2 atom stereocenters. The number of dihydropyridines is 1. The number of hydrogen-bond donors (Lipinski definition) is 2. The van der Waals surface area contributed by atoms with Gasteiger partial charge in [0.1, 0.15) is 17.3 Å². The highest BCUT2D eigenvalue weighted by Crippen LogP contribution is 2.47. The van der Waals surface area contributed by atoms with E-state index in [4.69, 9.17) is 9.15 Å². The second-order valence-corrected chi connectivity index (χ2v) is 8.67. The molecule has 0 radical (unpaired) electrons. The molecule has 3 aromatic rings. The minimum atomic E-state index is -0.567. The number of rotatable bonds is 6. The molecule has 0 unspecified atom stereocenters. The van der Waals surface area contributed by atoms with Crippen molar-refractivity contribution in [3.05, 3.63) is 101 Å². The van der Waals surface area contributed by atoms with Crippen molar-refractivity contribution in [3.8, 4) is 5.75 Å². The number of para-hydroxylation sites is 1. The SMILES string of the molecule is CCOc1ccccc1[C@@H]1C(C(=O)Nc2ccccn2)=C(C)NC2=C1C(=O)C[C@H](c1ccco1)C2. The summed E-state index contributed by atoms with van der Waals surface area (Å²) in [6.07, 6.45) is 4.19. The van der Waals surface area contributed by atoms with Gasteiger partial charge in [-0.1, -0.05) is 24.3 Å². The number of Topliss-reactive ketones (excluding diaryl/α,β-unsaturated/α-hetero) is 1. The molecule has 3 heterocycles. The standard InChI is InChI=1S/C28H27N3O4/c1-3-34-23-10-5-4-9-19(23)26-25(28(33)31-24-12-6-7-13-29-24)17(2)30-20-15-18(16-21(32)27(20)26)22-11-8-14-35-22/h4-14,18,26,30H,3,15-16H2,1-2H3,(H,29,31,33)/t18-,26-/m1/s1. The molecule has 0 saturated heterocycles. The molecule has 0 spiro atoms. The zero-order valence-corrected chi connectivity index (χ0v) is 19.7. The van der Waals surface area contributed by atoms with E-state index in [9.17, 15) is 9.59 Å². The molecule has 178 valence electrons. The van der Waals surface area contributed by atoms with E-state index in [2.05, 4.69) is 15.6 Å². The van der Waals surface area contributed by atoms with E-state index in [1.54, 1.807) is 24.6 Å². The van der Waals surface area contributed by atoms with E-state index in [1.165, 1.54) is 0 Å². The van der Waals surface area contributed by atoms with Crippen LogP contribution in [0.25, 0.3) is 0 Å². The number of nitrogens with zero attached hydrogens (tertiary/aromatic N) is 1. The number of ether oxygens (including phenoxy) is 1. The van der Waals surface area contributed by atoms with Crippen LogP contribution in [0.4, 0.5) is 5.82 Å². The Labute approximate surface area is 203 Å². The third kappa shape index (κ3) is 4.37. The average molecular weight is 470 g/mol. The van der Waals surface area contributed by atoms with Crippen LogP contribution in [0.3, 0.4) is 0 Å². The largest absolute Gasteiger partial charge is 0.494 e. The first-order valence-electron chi connectivity index (χ1n) is 11.8. The normalized spacial score (nSPS) is 19.8. The van der Waals surface area contributed by atoms with Gasteiger partial charge in [0.05, 0.1) is 18.8 Å². The molecule has 1 aliphatic heterocycles. The van der Waals surface area contributed by atoms with Gasteiger partial charge in [0.2, 0.25) is 0 Å². The molecule has 2 aliphatic rings. The molecule has 0 saturated carbocycles. The number of carbonyl (C=O) groups is 2. The number of carbonyl (C=O) groups excluding carboxylic acids is 2. The van der Waals surface area contributed by atoms with Gasteiger partial charge in [-0.15, -0.1) is 0 Å². The van der Waals surface area contributed by atoms with Crippen molar-refractivity contribution < 1.29 is 18.7 Å². The molecule has 2 aromatic heterocycles. The summed E-state index contributed by atoms with van der Waals surface area (Å²) < 4.78 is 11.5. The summed E-state index contributed by atoms with van der Waals surface area (Å²) in [6.45, 7) is 4.26. The first-order chi connectivity index (χ1) is 17.1. The van der Waals surface area contributed by atoms with Crippen LogP contribution in [0.15, 0.2) is 94.0 Å². The lowest BCUT2D eigenvalue weighted by molar-refractivity contribution is -0.116. The smallest absolute Gasteiger partial charge is 0.255 e. The highest BCUT2D eigenvalue weighted by molar-refractivity contribution is 6.09. The molecule has 1 amide bonds. The van der Waals surface area contributed by atoms with Crippen molar-refractivity contribution in [2.24, 2.45) is 0 Å². The van der Waals surface area contributed by atoms with Crippen molar-refractivity contribution in [1.82, 2.24) is 10.3 Å². The average Bonchev–Trinajstić information content (AvgIpc) is 3.39. The highest BCUT2D eigenvalue weighted by atomic mass is 16.5. The predicted molar refractivity (Wildman–Crippen MR) is 132 cm³/mol. The van der Waals surface area contributed by atoms with Crippen LogP contribution in [-0.2, 0) is 9.59 Å². The van der Waals surface area contributed by atoms with Crippen LogP contribution >= 0.6 is 0 Å². The number of nitrogens with one attached hydrogen (secondary N) is 2. The molecule has 0 bridgehead atoms. The number of aromatic nitrogens is 1. The number of pyridine rings is 1. The maximum absolute atomic E-state index is 13.7. The predicted octanol–water partition coefficient (Wildman–Crippen LogP) is 5.07. The van der Waals surface area contributed by atoms with Gasteiger partial charge in [-0.2, -0.15) is 0 Å². The summed E-state index contributed by atoms with van der Waals surface area (Å²) >= 11 is 0. The van der Waals surface area contributed by atoms with Crippen molar-refractivity contribution in [3.63, 3.8) is 0 Å². The van der Waals surface area contributed by atoms with Gasteiger partial charge in [-0.05, 0) is 50.6 Å². The molecule has 0 fully saturated rings. The minimum Gasteiger partial charge on any atom is -0.494 e. The summed E-state index contributed by atoms with van der Waals surface area (Å²) in [7, 11) is 0. The van der Waals surface area contributed by atoms with E-state index in [-0.39, 0.29) is 17.6 Å². The number of furan rings is 1. The Hall–Kier alpha value is -4.13. The number of ketones is 1. The van der Waals surface area contributed by atoms with Gasteiger partial charge in [0, 0.05) is 46.6 Å². The fourth-order valence-electron chi connectivity index (χ4n) is 5.00. The van der Waals surface area contributed by atoms with Gasteiger partial charge < -0.3 is 19.8 Å². The van der Waals surface area contributed by atoms with Crippen LogP contribution in [0.5, 0.6) is 5.75 Å². The third-order valence-electron chi connectivity index (χ3n) is 6.45. The summed E-state index contributed by atoms with van der Waals surface area (Å²) in [4.78, 5) is 31.5. The van der Waals surface area contributed by atoms with E-state index in [0.717, 1.165) is 17.0 Å². The van der Waals surface area contributed by atoms with Crippen molar-refractivity contribution in [1.29, 1.82) is 0 Å². The minimum absolute atomic E-state index is 0.00733. The summed E-state index contributed by atoms with van der Waals surface area (Å²) in [5.74, 6) is 0.960. The van der Waals surface area contributed by atoms with Crippen LogP contribution in [0, 0.1) is 0 Å². The topological polar surface area (TPSA) is 93.5 Å². The summed E-state index contributed by atoms with van der Waals surface area (Å²) in [5, 5.41) is 6.28. The lowest BCUT2D eigenvalue weighted by atomic mass is 9.72. The second-order valence-electron chi connectivity index (χ2n) is 8.67.